The fraction of sp³-hybridized carbons (Fsp3) is 0.562. The molecule has 0 aliphatic heterocycles. The summed E-state index contributed by atoms with van der Waals surface area (Å²) in [6.07, 6.45) is 1.05. The standard InChI is InChI=1S/C16H25NO3/c1-12-4-5-15(14(3)10-12)20-9-7-16(19)17-11-13(2)6-8-18/h4-5,10,13,18H,6-9,11H2,1-3H3,(H,17,19). The second-order valence-electron chi connectivity index (χ2n) is 5.29. The van der Waals surface area contributed by atoms with Gasteiger partial charge >= 0.3 is 0 Å². The van der Waals surface area contributed by atoms with Crippen LogP contribution in [0.1, 0.15) is 30.9 Å². The molecule has 0 aromatic heterocycles. The van der Waals surface area contributed by atoms with Crippen LogP contribution < -0.4 is 10.1 Å². The summed E-state index contributed by atoms with van der Waals surface area (Å²) in [6, 6.07) is 6.00. The lowest BCUT2D eigenvalue weighted by molar-refractivity contribution is -0.121. The van der Waals surface area contributed by atoms with E-state index in [-0.39, 0.29) is 12.5 Å². The predicted octanol–water partition coefficient (Wildman–Crippen LogP) is 2.21. The quantitative estimate of drug-likeness (QED) is 0.767. The van der Waals surface area contributed by atoms with Crippen LogP contribution in [0.3, 0.4) is 0 Å². The monoisotopic (exact) mass is 279 g/mol. The van der Waals surface area contributed by atoms with Gasteiger partial charge in [-0.05, 0) is 37.8 Å². The Labute approximate surface area is 121 Å². The summed E-state index contributed by atoms with van der Waals surface area (Å²) in [5.74, 6) is 1.11. The van der Waals surface area contributed by atoms with Crippen molar-refractivity contribution in [2.45, 2.75) is 33.6 Å². The van der Waals surface area contributed by atoms with Crippen LogP contribution in [0.5, 0.6) is 5.75 Å². The van der Waals surface area contributed by atoms with Crippen molar-refractivity contribution in [1.29, 1.82) is 0 Å². The van der Waals surface area contributed by atoms with E-state index >= 15 is 0 Å². The van der Waals surface area contributed by atoms with Gasteiger partial charge < -0.3 is 15.2 Å². The molecule has 0 aliphatic carbocycles. The number of aliphatic hydroxyl groups is 1. The molecule has 1 rings (SSSR count). The minimum atomic E-state index is -0.0143. The molecule has 0 saturated heterocycles. The van der Waals surface area contributed by atoms with Gasteiger partial charge in [0.2, 0.25) is 5.91 Å². The summed E-state index contributed by atoms with van der Waals surface area (Å²) < 4.78 is 5.62. The van der Waals surface area contributed by atoms with Crippen LogP contribution in [0.4, 0.5) is 0 Å². The number of nitrogens with one attached hydrogen (secondary N) is 1. The largest absolute Gasteiger partial charge is 0.493 e. The Morgan fingerprint density at radius 2 is 2.15 bits per heavy atom. The minimum absolute atomic E-state index is 0.0143. The third kappa shape index (κ3) is 6.06. The van der Waals surface area contributed by atoms with Gasteiger partial charge in [0.25, 0.3) is 0 Å². The van der Waals surface area contributed by atoms with Gasteiger partial charge in [0.05, 0.1) is 13.0 Å². The average Bonchev–Trinajstić information content (AvgIpc) is 2.39. The highest BCUT2D eigenvalue weighted by Crippen LogP contribution is 2.18. The Bertz CT molecular complexity index is 432. The summed E-state index contributed by atoms with van der Waals surface area (Å²) in [5, 5.41) is 11.6. The number of aliphatic hydroxyl groups excluding tert-OH is 1. The van der Waals surface area contributed by atoms with Crippen molar-refractivity contribution in [3.05, 3.63) is 29.3 Å². The molecule has 20 heavy (non-hydrogen) atoms. The summed E-state index contributed by atoms with van der Waals surface area (Å²) in [7, 11) is 0. The molecule has 1 unspecified atom stereocenters. The second kappa shape index (κ2) is 8.59. The zero-order chi connectivity index (χ0) is 15.0. The maximum Gasteiger partial charge on any atom is 0.223 e. The Kier molecular flexibility index (Phi) is 7.09. The van der Waals surface area contributed by atoms with Gasteiger partial charge in [0.15, 0.2) is 0 Å². The van der Waals surface area contributed by atoms with E-state index in [0.717, 1.165) is 11.3 Å². The number of aryl methyl sites for hydroxylation is 2. The fourth-order valence-corrected chi connectivity index (χ4v) is 1.91. The fourth-order valence-electron chi connectivity index (χ4n) is 1.91. The second-order valence-corrected chi connectivity index (χ2v) is 5.29. The minimum Gasteiger partial charge on any atom is -0.493 e. The first kappa shape index (κ1) is 16.5. The van der Waals surface area contributed by atoms with E-state index < -0.39 is 0 Å². The van der Waals surface area contributed by atoms with Gasteiger partial charge in [-0.2, -0.15) is 0 Å². The van der Waals surface area contributed by atoms with Gasteiger partial charge in [-0.3, -0.25) is 4.79 Å². The highest BCUT2D eigenvalue weighted by molar-refractivity contribution is 5.75. The number of amides is 1. The molecule has 0 radical (unpaired) electrons. The van der Waals surface area contributed by atoms with Crippen molar-refractivity contribution in [2.24, 2.45) is 5.92 Å². The van der Waals surface area contributed by atoms with Crippen molar-refractivity contribution in [2.75, 3.05) is 19.8 Å². The van der Waals surface area contributed by atoms with E-state index in [1.165, 1.54) is 5.56 Å². The number of carbonyl (C=O) groups is 1. The molecule has 4 heteroatoms. The van der Waals surface area contributed by atoms with Crippen LogP contribution in [0, 0.1) is 19.8 Å². The first-order valence-corrected chi connectivity index (χ1v) is 7.10. The molecular weight excluding hydrogens is 254 g/mol. The Morgan fingerprint density at radius 3 is 2.80 bits per heavy atom. The van der Waals surface area contributed by atoms with Crippen LogP contribution in [0.25, 0.3) is 0 Å². The topological polar surface area (TPSA) is 58.6 Å². The molecule has 1 aromatic rings. The first-order valence-electron chi connectivity index (χ1n) is 7.10. The number of hydrogen-bond acceptors (Lipinski definition) is 3. The Balaban J connectivity index is 2.24. The van der Waals surface area contributed by atoms with Crippen molar-refractivity contribution in [3.63, 3.8) is 0 Å². The van der Waals surface area contributed by atoms with E-state index in [1.54, 1.807) is 0 Å². The number of hydrogen-bond donors (Lipinski definition) is 2. The van der Waals surface area contributed by atoms with E-state index in [9.17, 15) is 4.79 Å². The first-order chi connectivity index (χ1) is 9.52. The van der Waals surface area contributed by atoms with E-state index in [0.29, 0.717) is 31.9 Å². The van der Waals surface area contributed by atoms with Gasteiger partial charge in [0.1, 0.15) is 5.75 Å². The maximum absolute atomic E-state index is 11.6. The smallest absolute Gasteiger partial charge is 0.223 e. The molecule has 0 aliphatic rings. The molecule has 0 fully saturated rings. The van der Waals surface area contributed by atoms with Gasteiger partial charge in [0, 0.05) is 13.2 Å². The normalized spacial score (nSPS) is 12.0. The third-order valence-electron chi connectivity index (χ3n) is 3.19. The van der Waals surface area contributed by atoms with Crippen molar-refractivity contribution in [1.82, 2.24) is 5.32 Å². The molecule has 0 heterocycles. The highest BCUT2D eigenvalue weighted by Gasteiger charge is 2.06. The number of ether oxygens (including phenoxy) is 1. The SMILES string of the molecule is Cc1ccc(OCCC(=O)NCC(C)CCO)c(C)c1. The lowest BCUT2D eigenvalue weighted by Crippen LogP contribution is -2.29. The van der Waals surface area contributed by atoms with Gasteiger partial charge in [-0.25, -0.2) is 0 Å². The zero-order valence-electron chi connectivity index (χ0n) is 12.6. The van der Waals surface area contributed by atoms with Crippen LogP contribution in [0.2, 0.25) is 0 Å². The number of benzene rings is 1. The number of rotatable bonds is 8. The summed E-state index contributed by atoms with van der Waals surface area (Å²) in [6.45, 7) is 7.18. The zero-order valence-corrected chi connectivity index (χ0v) is 12.6. The summed E-state index contributed by atoms with van der Waals surface area (Å²) in [5.41, 5.74) is 2.28. The van der Waals surface area contributed by atoms with Crippen LogP contribution >= 0.6 is 0 Å². The van der Waals surface area contributed by atoms with E-state index in [1.807, 2.05) is 32.9 Å². The van der Waals surface area contributed by atoms with Crippen LogP contribution in [-0.4, -0.2) is 30.8 Å². The van der Waals surface area contributed by atoms with E-state index in [4.69, 9.17) is 9.84 Å². The maximum atomic E-state index is 11.6. The van der Waals surface area contributed by atoms with Crippen molar-refractivity contribution >= 4 is 5.91 Å². The van der Waals surface area contributed by atoms with E-state index in [2.05, 4.69) is 11.4 Å². The summed E-state index contributed by atoms with van der Waals surface area (Å²) in [4.78, 5) is 11.6. The molecule has 112 valence electrons. The molecule has 1 atom stereocenters. The molecule has 1 amide bonds. The van der Waals surface area contributed by atoms with Crippen LogP contribution in [0.15, 0.2) is 18.2 Å². The highest BCUT2D eigenvalue weighted by atomic mass is 16.5. The molecule has 4 nitrogen and oxygen atoms in total. The molecule has 0 bridgehead atoms. The Morgan fingerprint density at radius 1 is 1.40 bits per heavy atom. The molecule has 0 spiro atoms. The van der Waals surface area contributed by atoms with Crippen LogP contribution in [-0.2, 0) is 4.79 Å². The number of carbonyl (C=O) groups excluding carboxylic acids is 1. The predicted molar refractivity (Wildman–Crippen MR) is 79.9 cm³/mol. The molecule has 2 N–H and O–H groups in total. The molecule has 0 saturated carbocycles. The van der Waals surface area contributed by atoms with Crippen molar-refractivity contribution < 1.29 is 14.6 Å². The average molecular weight is 279 g/mol. The lowest BCUT2D eigenvalue weighted by Gasteiger charge is -2.12. The molecule has 1 aromatic carbocycles. The lowest BCUT2D eigenvalue weighted by atomic mass is 10.1. The van der Waals surface area contributed by atoms with Crippen molar-refractivity contribution in [3.8, 4) is 5.75 Å². The van der Waals surface area contributed by atoms with Gasteiger partial charge in [-0.1, -0.05) is 24.6 Å². The van der Waals surface area contributed by atoms with Gasteiger partial charge in [-0.15, -0.1) is 0 Å². The molecular formula is C16H25NO3. The Hall–Kier alpha value is -1.55. The summed E-state index contributed by atoms with van der Waals surface area (Å²) >= 11 is 0. The third-order valence-corrected chi connectivity index (χ3v) is 3.19.